The molecule has 1 N–H and O–H groups in total. The summed E-state index contributed by atoms with van der Waals surface area (Å²) in [6.07, 6.45) is 1.61. The van der Waals surface area contributed by atoms with E-state index in [0.717, 1.165) is 54.6 Å². The van der Waals surface area contributed by atoms with Gasteiger partial charge in [0.15, 0.2) is 11.5 Å². The predicted octanol–water partition coefficient (Wildman–Crippen LogP) is 3.29. The van der Waals surface area contributed by atoms with Crippen LogP contribution in [0.15, 0.2) is 51.2 Å². The molecule has 3 aromatic heterocycles. The molecule has 0 saturated carbocycles. The number of nitrogens with zero attached hydrogens (tertiary/aromatic N) is 3. The van der Waals surface area contributed by atoms with Crippen molar-refractivity contribution in [2.24, 2.45) is 0 Å². The Morgan fingerprint density at radius 3 is 2.66 bits per heavy atom. The normalized spacial score (nSPS) is 16.8. The highest BCUT2D eigenvalue weighted by Gasteiger charge is 2.21. The van der Waals surface area contributed by atoms with Gasteiger partial charge in [-0.25, -0.2) is 4.98 Å². The molecule has 0 amide bonds. The Morgan fingerprint density at radius 1 is 1.03 bits per heavy atom. The van der Waals surface area contributed by atoms with E-state index in [0.29, 0.717) is 30.3 Å². The molecule has 4 aromatic rings. The molecule has 1 aromatic carbocycles. The SMILES string of the molecule is O=c1[nH]c(CN2CCN(Cc3ccc4c(c3)OCO4)CC2)nc2scc(-c3ccco3)c12. The first-order valence-corrected chi connectivity index (χ1v) is 11.5. The number of hydrogen-bond acceptors (Lipinski definition) is 8. The second-order valence-corrected chi connectivity index (χ2v) is 8.92. The lowest BCUT2D eigenvalue weighted by atomic mass is 10.1. The number of nitrogens with one attached hydrogen (secondary N) is 1. The van der Waals surface area contributed by atoms with Crippen LogP contribution in [0.5, 0.6) is 11.5 Å². The van der Waals surface area contributed by atoms with E-state index in [1.54, 1.807) is 6.26 Å². The quantitative estimate of drug-likeness (QED) is 0.500. The number of thiophene rings is 1. The standard InChI is InChI=1S/C23H22N4O4S/c28-22-21-16(17-2-1-9-29-17)13-32-23(21)25-20(24-22)12-27-7-5-26(6-8-27)11-15-3-4-18-19(10-15)31-14-30-18/h1-4,9-10,13H,5-8,11-12,14H2,(H,24,25,28). The van der Waals surface area contributed by atoms with Crippen molar-refractivity contribution in [1.29, 1.82) is 0 Å². The summed E-state index contributed by atoms with van der Waals surface area (Å²) in [6, 6.07) is 9.82. The molecule has 5 heterocycles. The Balaban J connectivity index is 1.10. The molecule has 0 unspecified atom stereocenters. The monoisotopic (exact) mass is 450 g/mol. The minimum absolute atomic E-state index is 0.112. The van der Waals surface area contributed by atoms with Crippen molar-refractivity contribution in [2.75, 3.05) is 33.0 Å². The van der Waals surface area contributed by atoms with E-state index >= 15 is 0 Å². The lowest BCUT2D eigenvalue weighted by molar-refractivity contribution is 0.120. The zero-order valence-electron chi connectivity index (χ0n) is 17.4. The number of aromatic amines is 1. The third kappa shape index (κ3) is 3.68. The topological polar surface area (TPSA) is 83.8 Å². The summed E-state index contributed by atoms with van der Waals surface area (Å²) in [5, 5.41) is 2.53. The first-order valence-electron chi connectivity index (χ1n) is 10.6. The fourth-order valence-electron chi connectivity index (χ4n) is 4.30. The average molecular weight is 451 g/mol. The average Bonchev–Trinajstić information content (AvgIpc) is 3.55. The van der Waals surface area contributed by atoms with Gasteiger partial charge < -0.3 is 18.9 Å². The van der Waals surface area contributed by atoms with Crippen LogP contribution in [0.25, 0.3) is 21.5 Å². The maximum atomic E-state index is 12.8. The molecule has 6 rings (SSSR count). The van der Waals surface area contributed by atoms with Crippen LogP contribution in [0.2, 0.25) is 0 Å². The van der Waals surface area contributed by atoms with Crippen LogP contribution >= 0.6 is 11.3 Å². The van der Waals surface area contributed by atoms with Crippen LogP contribution < -0.4 is 15.0 Å². The Labute approximate surface area is 188 Å². The van der Waals surface area contributed by atoms with Crippen LogP contribution in [-0.4, -0.2) is 52.7 Å². The number of aromatic nitrogens is 2. The molecule has 164 valence electrons. The minimum atomic E-state index is -0.112. The predicted molar refractivity (Wildman–Crippen MR) is 121 cm³/mol. The highest BCUT2D eigenvalue weighted by atomic mass is 32.1. The van der Waals surface area contributed by atoms with Gasteiger partial charge in [0.1, 0.15) is 16.4 Å². The van der Waals surface area contributed by atoms with E-state index in [2.05, 4.69) is 26.9 Å². The van der Waals surface area contributed by atoms with Crippen LogP contribution in [0.3, 0.4) is 0 Å². The summed E-state index contributed by atoms with van der Waals surface area (Å²) in [5.41, 5.74) is 1.91. The lowest BCUT2D eigenvalue weighted by Gasteiger charge is -2.34. The number of piperazine rings is 1. The Kier molecular flexibility index (Phi) is 4.94. The lowest BCUT2D eigenvalue weighted by Crippen LogP contribution is -2.45. The van der Waals surface area contributed by atoms with E-state index in [4.69, 9.17) is 18.9 Å². The van der Waals surface area contributed by atoms with Crippen LogP contribution in [-0.2, 0) is 13.1 Å². The van der Waals surface area contributed by atoms with E-state index in [1.165, 1.54) is 16.9 Å². The second kappa shape index (κ2) is 8.09. The van der Waals surface area contributed by atoms with Gasteiger partial charge >= 0.3 is 0 Å². The molecule has 0 bridgehead atoms. The van der Waals surface area contributed by atoms with Gasteiger partial charge in [0, 0.05) is 43.7 Å². The van der Waals surface area contributed by atoms with Gasteiger partial charge in [-0.1, -0.05) is 6.07 Å². The Morgan fingerprint density at radius 2 is 1.84 bits per heavy atom. The number of furan rings is 1. The zero-order valence-corrected chi connectivity index (χ0v) is 18.2. The molecule has 0 radical (unpaired) electrons. The number of rotatable bonds is 5. The van der Waals surface area contributed by atoms with Crippen molar-refractivity contribution in [3.8, 4) is 22.8 Å². The number of H-pyrrole nitrogens is 1. The van der Waals surface area contributed by atoms with Gasteiger partial charge in [0.2, 0.25) is 6.79 Å². The van der Waals surface area contributed by atoms with Crippen molar-refractivity contribution in [3.05, 3.63) is 63.7 Å². The Hall–Kier alpha value is -3.14. The van der Waals surface area contributed by atoms with Crippen molar-refractivity contribution in [2.45, 2.75) is 13.1 Å². The van der Waals surface area contributed by atoms with E-state index in [1.807, 2.05) is 23.6 Å². The maximum Gasteiger partial charge on any atom is 0.260 e. The van der Waals surface area contributed by atoms with Crippen LogP contribution in [0.4, 0.5) is 0 Å². The first-order chi connectivity index (χ1) is 15.7. The van der Waals surface area contributed by atoms with Gasteiger partial charge in [-0.15, -0.1) is 11.3 Å². The molecule has 0 spiro atoms. The highest BCUT2D eigenvalue weighted by molar-refractivity contribution is 7.17. The molecule has 0 atom stereocenters. The summed E-state index contributed by atoms with van der Waals surface area (Å²) >= 11 is 1.48. The molecule has 2 aliphatic rings. The van der Waals surface area contributed by atoms with Crippen molar-refractivity contribution >= 4 is 21.6 Å². The molecule has 8 nitrogen and oxygen atoms in total. The zero-order chi connectivity index (χ0) is 21.5. The van der Waals surface area contributed by atoms with Gasteiger partial charge in [0.05, 0.1) is 18.2 Å². The largest absolute Gasteiger partial charge is 0.464 e. The summed E-state index contributed by atoms with van der Waals surface area (Å²) < 4.78 is 16.3. The maximum absolute atomic E-state index is 12.8. The molecule has 1 fully saturated rings. The second-order valence-electron chi connectivity index (χ2n) is 8.06. The number of fused-ring (bicyclic) bond motifs is 2. The van der Waals surface area contributed by atoms with E-state index < -0.39 is 0 Å². The van der Waals surface area contributed by atoms with Gasteiger partial charge in [-0.2, -0.15) is 0 Å². The highest BCUT2D eigenvalue weighted by Crippen LogP contribution is 2.33. The third-order valence-electron chi connectivity index (χ3n) is 5.96. The molecule has 0 aliphatic carbocycles. The summed E-state index contributed by atoms with van der Waals surface area (Å²) in [5.74, 6) is 3.05. The molecule has 2 aliphatic heterocycles. The van der Waals surface area contributed by atoms with Gasteiger partial charge in [0.25, 0.3) is 5.56 Å². The number of benzene rings is 1. The van der Waals surface area contributed by atoms with Gasteiger partial charge in [-0.3, -0.25) is 14.6 Å². The van der Waals surface area contributed by atoms with E-state index in [-0.39, 0.29) is 5.56 Å². The van der Waals surface area contributed by atoms with Crippen molar-refractivity contribution in [3.63, 3.8) is 0 Å². The summed E-state index contributed by atoms with van der Waals surface area (Å²) in [7, 11) is 0. The van der Waals surface area contributed by atoms with Gasteiger partial charge in [-0.05, 0) is 29.8 Å². The molecular weight excluding hydrogens is 428 g/mol. The number of hydrogen-bond donors (Lipinski definition) is 1. The van der Waals surface area contributed by atoms with Crippen molar-refractivity contribution < 1.29 is 13.9 Å². The Bertz CT molecular complexity index is 1310. The molecule has 32 heavy (non-hydrogen) atoms. The smallest absolute Gasteiger partial charge is 0.260 e. The fraction of sp³-hybridized carbons (Fsp3) is 0.304. The number of ether oxygens (including phenoxy) is 2. The fourth-order valence-corrected chi connectivity index (χ4v) is 5.24. The molecular formula is C23H22N4O4S. The first kappa shape index (κ1) is 19.5. The molecule has 9 heteroatoms. The van der Waals surface area contributed by atoms with Crippen LogP contribution in [0.1, 0.15) is 11.4 Å². The van der Waals surface area contributed by atoms with Crippen LogP contribution in [0, 0.1) is 0 Å². The van der Waals surface area contributed by atoms with Crippen molar-refractivity contribution in [1.82, 2.24) is 19.8 Å². The van der Waals surface area contributed by atoms with E-state index in [9.17, 15) is 4.79 Å². The molecule has 1 saturated heterocycles. The third-order valence-corrected chi connectivity index (χ3v) is 6.83. The minimum Gasteiger partial charge on any atom is -0.464 e. The summed E-state index contributed by atoms with van der Waals surface area (Å²) in [6.45, 7) is 5.59. The summed E-state index contributed by atoms with van der Waals surface area (Å²) in [4.78, 5) is 26.0.